The second-order valence-corrected chi connectivity index (χ2v) is 6.48. The number of hydrogen-bond acceptors (Lipinski definition) is 4. The zero-order chi connectivity index (χ0) is 17.9. The Labute approximate surface area is 153 Å². The van der Waals surface area contributed by atoms with Crippen LogP contribution in [0.5, 0.6) is 0 Å². The predicted octanol–water partition coefficient (Wildman–Crippen LogP) is 4.92. The lowest BCUT2D eigenvalue weighted by atomic mass is 10.0. The van der Waals surface area contributed by atoms with E-state index < -0.39 is 0 Å². The van der Waals surface area contributed by atoms with E-state index in [1.54, 1.807) is 6.33 Å². The van der Waals surface area contributed by atoms with Crippen LogP contribution in [0.3, 0.4) is 0 Å². The molecule has 4 rings (SSSR count). The van der Waals surface area contributed by atoms with Gasteiger partial charge in [-0.15, -0.1) is 0 Å². The molecule has 0 saturated carbocycles. The highest BCUT2D eigenvalue weighted by Crippen LogP contribution is 2.26. The van der Waals surface area contributed by atoms with E-state index in [4.69, 9.17) is 0 Å². The summed E-state index contributed by atoms with van der Waals surface area (Å²) in [5, 5.41) is 4.45. The Morgan fingerprint density at radius 3 is 2.42 bits per heavy atom. The topological polar surface area (TPSA) is 50.7 Å². The normalized spacial score (nSPS) is 10.8. The first-order valence-electron chi connectivity index (χ1n) is 8.66. The minimum Gasteiger partial charge on any atom is -0.365 e. The second kappa shape index (κ2) is 6.92. The van der Waals surface area contributed by atoms with Crippen LogP contribution in [-0.2, 0) is 6.54 Å². The summed E-state index contributed by atoms with van der Waals surface area (Å²) in [5.74, 6) is 0.855. The molecule has 0 aliphatic carbocycles. The summed E-state index contributed by atoms with van der Waals surface area (Å²) in [5.41, 5.74) is 6.70. The molecule has 0 aliphatic heterocycles. The Kier molecular flexibility index (Phi) is 4.32. The summed E-state index contributed by atoms with van der Waals surface area (Å²) in [6.07, 6.45) is 3.45. The van der Waals surface area contributed by atoms with Crippen molar-refractivity contribution >= 4 is 16.7 Å². The zero-order valence-electron chi connectivity index (χ0n) is 14.9. The van der Waals surface area contributed by atoms with Crippen molar-refractivity contribution in [3.05, 3.63) is 83.9 Å². The molecule has 2 aromatic carbocycles. The molecule has 4 aromatic rings. The van der Waals surface area contributed by atoms with Gasteiger partial charge in [-0.05, 0) is 54.8 Å². The van der Waals surface area contributed by atoms with E-state index in [0.717, 1.165) is 40.1 Å². The third-order valence-corrected chi connectivity index (χ3v) is 4.45. The highest BCUT2D eigenvalue weighted by Gasteiger charge is 2.06. The Morgan fingerprint density at radius 2 is 1.62 bits per heavy atom. The third-order valence-electron chi connectivity index (χ3n) is 4.45. The summed E-state index contributed by atoms with van der Waals surface area (Å²) in [4.78, 5) is 13.1. The molecule has 0 amide bonds. The van der Waals surface area contributed by atoms with Crippen LogP contribution in [-0.4, -0.2) is 15.0 Å². The minimum atomic E-state index is 0.734. The van der Waals surface area contributed by atoms with Crippen LogP contribution in [0.1, 0.15) is 16.8 Å². The van der Waals surface area contributed by atoms with E-state index in [0.29, 0.717) is 0 Å². The highest BCUT2D eigenvalue weighted by molar-refractivity contribution is 5.91. The largest absolute Gasteiger partial charge is 0.365 e. The first-order chi connectivity index (χ1) is 12.7. The number of anilines is 1. The highest BCUT2D eigenvalue weighted by atomic mass is 15.0. The van der Waals surface area contributed by atoms with Gasteiger partial charge in [0.1, 0.15) is 12.1 Å². The molecule has 2 heterocycles. The molecule has 1 N–H and O–H groups in total. The maximum Gasteiger partial charge on any atom is 0.137 e. The summed E-state index contributed by atoms with van der Waals surface area (Å²) < 4.78 is 0. The van der Waals surface area contributed by atoms with Crippen LogP contribution in [0.4, 0.5) is 5.82 Å². The number of benzene rings is 2. The molecule has 0 aliphatic rings. The maximum atomic E-state index is 4.45. The summed E-state index contributed by atoms with van der Waals surface area (Å²) >= 11 is 0. The van der Waals surface area contributed by atoms with E-state index in [2.05, 4.69) is 75.7 Å². The van der Waals surface area contributed by atoms with Gasteiger partial charge in [0.05, 0.1) is 5.52 Å². The van der Waals surface area contributed by atoms with Gasteiger partial charge in [0.25, 0.3) is 0 Å². The molecule has 4 nitrogen and oxygen atoms in total. The number of rotatable bonds is 4. The van der Waals surface area contributed by atoms with Crippen molar-refractivity contribution in [2.75, 3.05) is 5.32 Å². The van der Waals surface area contributed by atoms with Gasteiger partial charge in [0.2, 0.25) is 0 Å². The molecule has 0 atom stereocenters. The van der Waals surface area contributed by atoms with Crippen LogP contribution in [0.25, 0.3) is 22.0 Å². The fraction of sp³-hybridized carbons (Fsp3) is 0.136. The molecule has 0 unspecified atom stereocenters. The quantitative estimate of drug-likeness (QED) is 0.573. The standard InChI is InChI=1S/C22H20N4/c1-15-3-5-17(6-4-15)13-24-22-20-8-7-18(12-21(20)25-14-26-22)19-9-10-23-16(2)11-19/h3-12,14H,13H2,1-2H3,(H,24,25,26). The monoisotopic (exact) mass is 340 g/mol. The average Bonchev–Trinajstić information content (AvgIpc) is 2.67. The molecule has 0 bridgehead atoms. The fourth-order valence-corrected chi connectivity index (χ4v) is 2.99. The van der Waals surface area contributed by atoms with Gasteiger partial charge in [-0.25, -0.2) is 9.97 Å². The van der Waals surface area contributed by atoms with Crippen LogP contribution in [0.15, 0.2) is 67.1 Å². The molecule has 128 valence electrons. The summed E-state index contributed by atoms with van der Waals surface area (Å²) in [6.45, 7) is 4.83. The van der Waals surface area contributed by atoms with Crippen molar-refractivity contribution in [1.82, 2.24) is 15.0 Å². The number of aryl methyl sites for hydroxylation is 2. The van der Waals surface area contributed by atoms with Crippen molar-refractivity contribution in [2.24, 2.45) is 0 Å². The van der Waals surface area contributed by atoms with Crippen molar-refractivity contribution in [2.45, 2.75) is 20.4 Å². The lowest BCUT2D eigenvalue weighted by molar-refractivity contribution is 1.10. The molecule has 0 fully saturated rings. The van der Waals surface area contributed by atoms with Crippen molar-refractivity contribution in [3.8, 4) is 11.1 Å². The van der Waals surface area contributed by atoms with Crippen LogP contribution < -0.4 is 5.32 Å². The second-order valence-electron chi connectivity index (χ2n) is 6.48. The van der Waals surface area contributed by atoms with Gasteiger partial charge >= 0.3 is 0 Å². The molecule has 26 heavy (non-hydrogen) atoms. The Balaban J connectivity index is 1.63. The Bertz CT molecular complexity index is 1060. The summed E-state index contributed by atoms with van der Waals surface area (Å²) in [7, 11) is 0. The van der Waals surface area contributed by atoms with Gasteiger partial charge in [-0.1, -0.05) is 35.9 Å². The molecule has 0 saturated heterocycles. The average molecular weight is 340 g/mol. The van der Waals surface area contributed by atoms with E-state index >= 15 is 0 Å². The van der Waals surface area contributed by atoms with Crippen molar-refractivity contribution in [1.29, 1.82) is 0 Å². The minimum absolute atomic E-state index is 0.734. The number of aromatic nitrogens is 3. The van der Waals surface area contributed by atoms with E-state index in [-0.39, 0.29) is 0 Å². The Morgan fingerprint density at radius 1 is 0.808 bits per heavy atom. The first kappa shape index (κ1) is 16.2. The third kappa shape index (κ3) is 3.40. The van der Waals surface area contributed by atoms with Crippen molar-refractivity contribution in [3.63, 3.8) is 0 Å². The molecule has 0 radical (unpaired) electrons. The number of nitrogens with one attached hydrogen (secondary N) is 1. The number of nitrogens with zero attached hydrogens (tertiary/aromatic N) is 3. The lowest BCUT2D eigenvalue weighted by Gasteiger charge is -2.10. The van der Waals surface area contributed by atoms with Gasteiger partial charge in [0.15, 0.2) is 0 Å². The molecule has 2 aromatic heterocycles. The maximum absolute atomic E-state index is 4.45. The fourth-order valence-electron chi connectivity index (χ4n) is 2.99. The van der Waals surface area contributed by atoms with Gasteiger partial charge in [-0.2, -0.15) is 0 Å². The van der Waals surface area contributed by atoms with Gasteiger partial charge in [-0.3, -0.25) is 4.98 Å². The van der Waals surface area contributed by atoms with Crippen molar-refractivity contribution < 1.29 is 0 Å². The molecular weight excluding hydrogens is 320 g/mol. The molecule has 4 heteroatoms. The lowest BCUT2D eigenvalue weighted by Crippen LogP contribution is -2.02. The molecule has 0 spiro atoms. The van der Waals surface area contributed by atoms with E-state index in [9.17, 15) is 0 Å². The summed E-state index contributed by atoms with van der Waals surface area (Å²) in [6, 6.07) is 18.9. The van der Waals surface area contributed by atoms with Crippen LogP contribution in [0, 0.1) is 13.8 Å². The number of hydrogen-bond donors (Lipinski definition) is 1. The zero-order valence-corrected chi connectivity index (χ0v) is 14.9. The number of fused-ring (bicyclic) bond motifs is 1. The Hall–Kier alpha value is -3.27. The van der Waals surface area contributed by atoms with E-state index in [1.807, 2.05) is 19.2 Å². The number of pyridine rings is 1. The van der Waals surface area contributed by atoms with Crippen LogP contribution in [0.2, 0.25) is 0 Å². The van der Waals surface area contributed by atoms with E-state index in [1.165, 1.54) is 11.1 Å². The van der Waals surface area contributed by atoms with Crippen LogP contribution >= 0.6 is 0 Å². The smallest absolute Gasteiger partial charge is 0.137 e. The van der Waals surface area contributed by atoms with Gasteiger partial charge < -0.3 is 5.32 Å². The van der Waals surface area contributed by atoms with Gasteiger partial charge in [0, 0.05) is 23.8 Å². The SMILES string of the molecule is Cc1ccc(CNc2ncnc3cc(-c4ccnc(C)c4)ccc23)cc1. The molecular formula is C22H20N4. The first-order valence-corrected chi connectivity index (χ1v) is 8.66. The predicted molar refractivity (Wildman–Crippen MR) is 106 cm³/mol.